The van der Waals surface area contributed by atoms with Gasteiger partial charge in [0.1, 0.15) is 21.1 Å². The topological polar surface area (TPSA) is 103 Å². The number of fused-ring (bicyclic) bond motifs is 1. The molecule has 0 atom stereocenters. The SMILES string of the molecule is Cc1cc(C(F)(F)F)nc2sc(C(N)=O)c(NC(=O)c3cn(-c4ccccc4)nc3-c3ccccc3)c12. The van der Waals surface area contributed by atoms with Gasteiger partial charge in [0.15, 0.2) is 0 Å². The van der Waals surface area contributed by atoms with Gasteiger partial charge < -0.3 is 11.1 Å². The minimum atomic E-state index is -4.67. The lowest BCUT2D eigenvalue weighted by Crippen LogP contribution is -2.17. The van der Waals surface area contributed by atoms with Crippen LogP contribution in [0.2, 0.25) is 0 Å². The second kappa shape index (κ2) is 9.17. The molecule has 37 heavy (non-hydrogen) atoms. The number of nitrogens with two attached hydrogens (primary N) is 1. The lowest BCUT2D eigenvalue weighted by Gasteiger charge is -2.10. The number of nitrogens with zero attached hydrogens (tertiary/aromatic N) is 3. The van der Waals surface area contributed by atoms with E-state index in [1.54, 1.807) is 23.0 Å². The highest BCUT2D eigenvalue weighted by Gasteiger charge is 2.34. The predicted octanol–water partition coefficient (Wildman–Crippen LogP) is 5.83. The van der Waals surface area contributed by atoms with Crippen molar-refractivity contribution in [3.05, 3.63) is 94.6 Å². The van der Waals surface area contributed by atoms with Crippen LogP contribution in [-0.4, -0.2) is 26.6 Å². The van der Waals surface area contributed by atoms with Gasteiger partial charge in [-0.3, -0.25) is 9.59 Å². The number of amides is 2. The number of alkyl halides is 3. The van der Waals surface area contributed by atoms with Crippen LogP contribution >= 0.6 is 11.3 Å². The van der Waals surface area contributed by atoms with Gasteiger partial charge in [0, 0.05) is 17.1 Å². The van der Waals surface area contributed by atoms with Gasteiger partial charge in [0.05, 0.1) is 16.9 Å². The number of hydrogen-bond acceptors (Lipinski definition) is 5. The summed E-state index contributed by atoms with van der Waals surface area (Å²) >= 11 is 0.695. The van der Waals surface area contributed by atoms with E-state index in [2.05, 4.69) is 15.4 Å². The summed E-state index contributed by atoms with van der Waals surface area (Å²) < 4.78 is 41.5. The van der Waals surface area contributed by atoms with E-state index < -0.39 is 23.7 Å². The number of anilines is 1. The normalized spacial score (nSPS) is 11.6. The van der Waals surface area contributed by atoms with Gasteiger partial charge in [-0.05, 0) is 30.7 Å². The Hall–Kier alpha value is -4.51. The zero-order valence-electron chi connectivity index (χ0n) is 19.2. The maximum absolute atomic E-state index is 13.6. The van der Waals surface area contributed by atoms with Crippen molar-refractivity contribution in [2.45, 2.75) is 13.1 Å². The van der Waals surface area contributed by atoms with Crippen molar-refractivity contribution in [1.82, 2.24) is 14.8 Å². The van der Waals surface area contributed by atoms with Gasteiger partial charge in [0.2, 0.25) is 0 Å². The van der Waals surface area contributed by atoms with Crippen LogP contribution in [0.5, 0.6) is 0 Å². The predicted molar refractivity (Wildman–Crippen MR) is 135 cm³/mol. The molecular formula is C26H18F3N5O2S. The Kier molecular flexibility index (Phi) is 6.00. The number of carbonyl (C=O) groups is 2. The Bertz CT molecular complexity index is 1640. The molecule has 3 heterocycles. The van der Waals surface area contributed by atoms with Crippen LogP contribution in [-0.2, 0) is 6.18 Å². The molecule has 0 spiro atoms. The van der Waals surface area contributed by atoms with Crippen molar-refractivity contribution in [3.63, 3.8) is 0 Å². The Morgan fingerprint density at radius 1 is 1.03 bits per heavy atom. The number of benzene rings is 2. The number of aromatic nitrogens is 3. The molecule has 2 aromatic carbocycles. The van der Waals surface area contributed by atoms with E-state index in [0.29, 0.717) is 22.6 Å². The molecule has 0 unspecified atom stereocenters. The van der Waals surface area contributed by atoms with Crippen molar-refractivity contribution < 1.29 is 22.8 Å². The summed E-state index contributed by atoms with van der Waals surface area (Å²) in [5.74, 6) is -1.50. The Morgan fingerprint density at radius 3 is 2.30 bits per heavy atom. The fraction of sp³-hybridized carbons (Fsp3) is 0.0769. The van der Waals surface area contributed by atoms with Gasteiger partial charge in [-0.15, -0.1) is 11.3 Å². The molecule has 0 saturated heterocycles. The largest absolute Gasteiger partial charge is 0.433 e. The zero-order chi connectivity index (χ0) is 26.3. The van der Waals surface area contributed by atoms with Gasteiger partial charge in [-0.1, -0.05) is 48.5 Å². The number of nitrogens with one attached hydrogen (secondary N) is 1. The van der Waals surface area contributed by atoms with Gasteiger partial charge in [-0.25, -0.2) is 9.67 Å². The molecule has 0 saturated carbocycles. The van der Waals surface area contributed by atoms with Crippen molar-refractivity contribution in [1.29, 1.82) is 0 Å². The van der Waals surface area contributed by atoms with Crippen molar-refractivity contribution >= 4 is 39.1 Å². The number of carbonyl (C=O) groups excluding carboxylic acids is 2. The lowest BCUT2D eigenvalue weighted by atomic mass is 10.1. The van der Waals surface area contributed by atoms with E-state index in [1.807, 2.05) is 48.5 Å². The van der Waals surface area contributed by atoms with Crippen LogP contribution in [0.1, 0.15) is 31.3 Å². The molecule has 0 aliphatic carbocycles. The van der Waals surface area contributed by atoms with Crippen molar-refractivity contribution in [2.24, 2.45) is 5.73 Å². The standard InChI is InChI=1S/C26H18F3N5O2S/c1-14-12-18(26(27,28)29)31-25-19(14)21(22(37-25)23(30)35)32-24(36)17-13-34(16-10-6-3-7-11-16)33-20(17)15-8-4-2-5-9-15/h2-13H,1H3,(H2,30,35)(H,32,36). The third-order valence-corrected chi connectivity index (χ3v) is 6.74. The molecule has 0 aliphatic rings. The molecule has 0 radical (unpaired) electrons. The molecule has 11 heteroatoms. The first-order valence-corrected chi connectivity index (χ1v) is 11.8. The van der Waals surface area contributed by atoms with Crippen LogP contribution in [0, 0.1) is 6.92 Å². The minimum absolute atomic E-state index is 0.0164. The van der Waals surface area contributed by atoms with Gasteiger partial charge in [0.25, 0.3) is 11.8 Å². The zero-order valence-corrected chi connectivity index (χ0v) is 20.0. The van der Waals surface area contributed by atoms with Crippen molar-refractivity contribution in [3.8, 4) is 16.9 Å². The molecule has 186 valence electrons. The highest BCUT2D eigenvalue weighted by molar-refractivity contribution is 7.21. The van der Waals surface area contributed by atoms with Gasteiger partial charge in [-0.2, -0.15) is 18.3 Å². The number of halogens is 3. The smallest absolute Gasteiger partial charge is 0.365 e. The molecule has 0 fully saturated rings. The van der Waals surface area contributed by atoms with E-state index in [1.165, 1.54) is 6.92 Å². The molecule has 0 bridgehead atoms. The minimum Gasteiger partial charge on any atom is -0.365 e. The highest BCUT2D eigenvalue weighted by atomic mass is 32.1. The Balaban J connectivity index is 1.63. The van der Waals surface area contributed by atoms with Gasteiger partial charge >= 0.3 is 6.18 Å². The first kappa shape index (κ1) is 24.2. The summed E-state index contributed by atoms with van der Waals surface area (Å²) in [7, 11) is 0. The summed E-state index contributed by atoms with van der Waals surface area (Å²) in [6.45, 7) is 1.45. The first-order valence-electron chi connectivity index (χ1n) is 11.0. The van der Waals surface area contributed by atoms with Crippen molar-refractivity contribution in [2.75, 3.05) is 5.32 Å². The molecule has 2 amide bonds. The van der Waals surface area contributed by atoms with E-state index in [9.17, 15) is 22.8 Å². The van der Waals surface area contributed by atoms with Crippen LogP contribution in [0.15, 0.2) is 72.9 Å². The number of para-hydroxylation sites is 1. The molecule has 5 rings (SSSR count). The summed E-state index contributed by atoms with van der Waals surface area (Å²) in [5.41, 5.74) is 6.62. The number of primary amides is 1. The third kappa shape index (κ3) is 4.56. The van der Waals surface area contributed by atoms with Crippen LogP contribution in [0.4, 0.5) is 18.9 Å². The lowest BCUT2D eigenvalue weighted by molar-refractivity contribution is -0.141. The van der Waals surface area contributed by atoms with Crippen LogP contribution < -0.4 is 11.1 Å². The number of aryl methyl sites for hydroxylation is 1. The number of hydrogen-bond donors (Lipinski definition) is 2. The molecule has 7 nitrogen and oxygen atoms in total. The molecule has 0 aliphatic heterocycles. The maximum Gasteiger partial charge on any atom is 0.433 e. The fourth-order valence-electron chi connectivity index (χ4n) is 3.96. The maximum atomic E-state index is 13.6. The van der Waals surface area contributed by atoms with Crippen LogP contribution in [0.3, 0.4) is 0 Å². The van der Waals surface area contributed by atoms with E-state index >= 15 is 0 Å². The van der Waals surface area contributed by atoms with E-state index in [-0.39, 0.29) is 31.9 Å². The first-order chi connectivity index (χ1) is 17.6. The summed E-state index contributed by atoms with van der Waals surface area (Å²) in [5, 5.41) is 7.53. The fourth-order valence-corrected chi connectivity index (χ4v) is 5.02. The summed E-state index contributed by atoms with van der Waals surface area (Å²) in [6, 6.07) is 19.1. The van der Waals surface area contributed by atoms with E-state index in [0.717, 1.165) is 11.8 Å². The number of thiophene rings is 1. The Labute approximate surface area is 212 Å². The summed E-state index contributed by atoms with van der Waals surface area (Å²) in [6.07, 6.45) is -3.12. The van der Waals surface area contributed by atoms with Crippen LogP contribution in [0.25, 0.3) is 27.2 Å². The molecular weight excluding hydrogens is 503 g/mol. The molecule has 3 N–H and O–H groups in total. The molecule has 3 aromatic heterocycles. The number of pyridine rings is 1. The second-order valence-corrected chi connectivity index (χ2v) is 9.16. The Morgan fingerprint density at radius 2 is 1.68 bits per heavy atom. The van der Waals surface area contributed by atoms with E-state index in [4.69, 9.17) is 5.73 Å². The summed E-state index contributed by atoms with van der Waals surface area (Å²) in [4.78, 5) is 29.3. The second-order valence-electron chi connectivity index (χ2n) is 8.16. The highest BCUT2D eigenvalue weighted by Crippen LogP contribution is 2.40. The third-order valence-electron chi connectivity index (χ3n) is 5.64. The average molecular weight is 522 g/mol. The quantitative estimate of drug-likeness (QED) is 0.304. The average Bonchev–Trinajstić information content (AvgIpc) is 3.47. The monoisotopic (exact) mass is 521 g/mol. The molecule has 5 aromatic rings. The number of rotatable bonds is 5.